The van der Waals surface area contributed by atoms with Crippen molar-refractivity contribution in [1.82, 2.24) is 10.2 Å². The largest absolute Gasteiger partial charge is 0.486 e. The molecule has 1 aliphatic rings. The van der Waals surface area contributed by atoms with Crippen LogP contribution in [-0.2, 0) is 26.2 Å². The van der Waals surface area contributed by atoms with Crippen LogP contribution in [0.4, 0.5) is 5.69 Å². The molecule has 40 heavy (non-hydrogen) atoms. The first-order chi connectivity index (χ1) is 18.9. The summed E-state index contributed by atoms with van der Waals surface area (Å²) in [7, 11) is -3.65. The van der Waals surface area contributed by atoms with Gasteiger partial charge in [0.1, 0.15) is 19.3 Å². The summed E-state index contributed by atoms with van der Waals surface area (Å²) in [5.41, 5.74) is 1.15. The number of carbonyl (C=O) groups is 2. The average molecular weight is 615 g/mol. The molecule has 2 aromatic carbocycles. The van der Waals surface area contributed by atoms with Crippen LogP contribution >= 0.6 is 23.2 Å². The minimum Gasteiger partial charge on any atom is -0.486 e. The third kappa shape index (κ3) is 8.65. The number of hydrogen-bond acceptors (Lipinski definition) is 6. The van der Waals surface area contributed by atoms with E-state index in [0.717, 1.165) is 11.8 Å². The SMILES string of the molecule is CC[C@H](C(=O)NCC(C)C)N(Cc1ccc(Cl)c(Cl)c1)C(=O)CCCN(c1ccc2c(c1)OCCO2)S(C)(=O)=O. The number of nitrogens with zero attached hydrogens (tertiary/aromatic N) is 2. The highest BCUT2D eigenvalue weighted by atomic mass is 35.5. The third-order valence-electron chi connectivity index (χ3n) is 6.37. The van der Waals surface area contributed by atoms with Gasteiger partial charge < -0.3 is 19.7 Å². The Labute approximate surface area is 246 Å². The van der Waals surface area contributed by atoms with Crippen LogP contribution in [0.15, 0.2) is 36.4 Å². The van der Waals surface area contributed by atoms with E-state index < -0.39 is 16.1 Å². The summed E-state index contributed by atoms with van der Waals surface area (Å²) in [6, 6.07) is 9.34. The smallest absolute Gasteiger partial charge is 0.242 e. The van der Waals surface area contributed by atoms with Crippen molar-refractivity contribution in [3.8, 4) is 11.5 Å². The summed E-state index contributed by atoms with van der Waals surface area (Å²) < 4.78 is 37.7. The molecule has 9 nitrogen and oxygen atoms in total. The molecule has 220 valence electrons. The Morgan fingerprint density at radius 2 is 1.73 bits per heavy atom. The Kier molecular flexibility index (Phi) is 11.4. The monoisotopic (exact) mass is 613 g/mol. The van der Waals surface area contributed by atoms with E-state index in [-0.39, 0.29) is 43.7 Å². The van der Waals surface area contributed by atoms with Crippen molar-refractivity contribution in [2.24, 2.45) is 5.92 Å². The summed E-state index contributed by atoms with van der Waals surface area (Å²) in [5.74, 6) is 0.771. The number of fused-ring (bicyclic) bond motifs is 1. The summed E-state index contributed by atoms with van der Waals surface area (Å²) in [4.78, 5) is 28.2. The second kappa shape index (κ2) is 14.3. The summed E-state index contributed by atoms with van der Waals surface area (Å²) in [5, 5.41) is 3.67. The predicted molar refractivity (Wildman–Crippen MR) is 158 cm³/mol. The number of nitrogens with one attached hydrogen (secondary N) is 1. The van der Waals surface area contributed by atoms with Gasteiger partial charge in [-0.25, -0.2) is 8.42 Å². The number of amides is 2. The lowest BCUT2D eigenvalue weighted by molar-refractivity contribution is -0.141. The van der Waals surface area contributed by atoms with Gasteiger partial charge in [-0.15, -0.1) is 0 Å². The lowest BCUT2D eigenvalue weighted by atomic mass is 10.1. The van der Waals surface area contributed by atoms with E-state index in [1.165, 1.54) is 9.21 Å². The number of hydrogen-bond donors (Lipinski definition) is 1. The topological polar surface area (TPSA) is 105 Å². The van der Waals surface area contributed by atoms with Crippen molar-refractivity contribution in [1.29, 1.82) is 0 Å². The van der Waals surface area contributed by atoms with Gasteiger partial charge in [0.15, 0.2) is 11.5 Å². The van der Waals surface area contributed by atoms with Gasteiger partial charge in [0.05, 0.1) is 22.0 Å². The minimum absolute atomic E-state index is 0.0336. The molecule has 0 radical (unpaired) electrons. The standard InChI is InChI=1S/C28H37Cl2N3O6S/c1-5-24(28(35)31-17-19(2)3)32(18-20-8-10-22(29)23(30)15-20)27(34)7-6-12-33(40(4,36)37)21-9-11-25-26(16-21)39-14-13-38-25/h8-11,15-16,19,24H,5-7,12-14,17-18H2,1-4H3,(H,31,35)/t24-/m1/s1. The van der Waals surface area contributed by atoms with Crippen molar-refractivity contribution < 1.29 is 27.5 Å². The normalized spacial score (nSPS) is 13.6. The van der Waals surface area contributed by atoms with E-state index in [4.69, 9.17) is 32.7 Å². The van der Waals surface area contributed by atoms with Gasteiger partial charge in [0.2, 0.25) is 21.8 Å². The molecule has 3 rings (SSSR count). The second-order valence-corrected chi connectivity index (χ2v) is 12.8. The lowest BCUT2D eigenvalue weighted by Gasteiger charge is -2.31. The number of rotatable bonds is 13. The van der Waals surface area contributed by atoms with Crippen molar-refractivity contribution in [3.05, 3.63) is 52.0 Å². The van der Waals surface area contributed by atoms with Gasteiger partial charge in [-0.05, 0) is 48.6 Å². The lowest BCUT2D eigenvalue weighted by Crippen LogP contribution is -2.49. The van der Waals surface area contributed by atoms with Crippen LogP contribution in [0.1, 0.15) is 45.6 Å². The van der Waals surface area contributed by atoms with E-state index in [1.807, 2.05) is 20.8 Å². The highest BCUT2D eigenvalue weighted by Crippen LogP contribution is 2.35. The highest BCUT2D eigenvalue weighted by molar-refractivity contribution is 7.92. The third-order valence-corrected chi connectivity index (χ3v) is 8.31. The van der Waals surface area contributed by atoms with Crippen molar-refractivity contribution >= 4 is 50.7 Å². The van der Waals surface area contributed by atoms with Crippen molar-refractivity contribution in [2.45, 2.75) is 52.6 Å². The molecular weight excluding hydrogens is 577 g/mol. The summed E-state index contributed by atoms with van der Waals surface area (Å²) in [6.07, 6.45) is 1.80. The van der Waals surface area contributed by atoms with Gasteiger partial charge in [-0.1, -0.05) is 50.0 Å². The molecule has 0 saturated heterocycles. The quantitative estimate of drug-likeness (QED) is 0.345. The molecule has 0 bridgehead atoms. The number of carbonyl (C=O) groups excluding carboxylic acids is 2. The first-order valence-corrected chi connectivity index (χ1v) is 15.9. The minimum atomic E-state index is -3.65. The molecule has 2 amide bonds. The van der Waals surface area contributed by atoms with E-state index in [0.29, 0.717) is 53.4 Å². The van der Waals surface area contributed by atoms with Crippen LogP contribution in [0.2, 0.25) is 10.0 Å². The second-order valence-electron chi connectivity index (χ2n) is 10.1. The highest BCUT2D eigenvalue weighted by Gasteiger charge is 2.29. The molecule has 1 heterocycles. The molecule has 0 fully saturated rings. The molecule has 1 atom stereocenters. The van der Waals surface area contributed by atoms with Crippen LogP contribution in [0.25, 0.3) is 0 Å². The zero-order chi connectivity index (χ0) is 29.4. The molecule has 0 saturated carbocycles. The van der Waals surface area contributed by atoms with Gasteiger partial charge in [0, 0.05) is 32.1 Å². The molecule has 0 unspecified atom stereocenters. The molecule has 1 aliphatic heterocycles. The molecule has 0 aliphatic carbocycles. The number of benzene rings is 2. The first-order valence-electron chi connectivity index (χ1n) is 13.3. The molecule has 0 aromatic heterocycles. The number of sulfonamides is 1. The molecule has 2 aromatic rings. The maximum atomic E-state index is 13.6. The van der Waals surface area contributed by atoms with Crippen LogP contribution in [0.5, 0.6) is 11.5 Å². The van der Waals surface area contributed by atoms with Gasteiger partial charge in [0.25, 0.3) is 0 Å². The van der Waals surface area contributed by atoms with E-state index in [2.05, 4.69) is 5.32 Å². The van der Waals surface area contributed by atoms with Crippen molar-refractivity contribution in [3.63, 3.8) is 0 Å². The van der Waals surface area contributed by atoms with Crippen LogP contribution in [0, 0.1) is 5.92 Å². The maximum absolute atomic E-state index is 13.6. The van der Waals surface area contributed by atoms with Gasteiger partial charge >= 0.3 is 0 Å². The fourth-order valence-electron chi connectivity index (χ4n) is 4.37. The number of halogens is 2. The Hall–Kier alpha value is -2.69. The van der Waals surface area contributed by atoms with E-state index in [1.54, 1.807) is 36.4 Å². The summed E-state index contributed by atoms with van der Waals surface area (Å²) >= 11 is 12.3. The molecular formula is C28H37Cl2N3O6S. The Bertz CT molecular complexity index is 1300. The zero-order valence-electron chi connectivity index (χ0n) is 23.3. The van der Waals surface area contributed by atoms with Crippen LogP contribution < -0.4 is 19.1 Å². The van der Waals surface area contributed by atoms with Gasteiger partial charge in [-0.3, -0.25) is 13.9 Å². The zero-order valence-corrected chi connectivity index (χ0v) is 25.6. The Morgan fingerprint density at radius 3 is 2.35 bits per heavy atom. The van der Waals surface area contributed by atoms with Crippen LogP contribution in [0.3, 0.4) is 0 Å². The number of ether oxygens (including phenoxy) is 2. The van der Waals surface area contributed by atoms with Crippen LogP contribution in [-0.4, -0.2) is 63.7 Å². The molecule has 1 N–H and O–H groups in total. The van der Waals surface area contributed by atoms with E-state index in [9.17, 15) is 18.0 Å². The Morgan fingerprint density at radius 1 is 1.02 bits per heavy atom. The van der Waals surface area contributed by atoms with E-state index >= 15 is 0 Å². The average Bonchev–Trinajstić information content (AvgIpc) is 2.90. The van der Waals surface area contributed by atoms with Crippen molar-refractivity contribution in [2.75, 3.05) is 36.9 Å². The molecule has 12 heteroatoms. The Balaban J connectivity index is 1.78. The predicted octanol–water partition coefficient (Wildman–Crippen LogP) is 4.89. The fourth-order valence-corrected chi connectivity index (χ4v) is 5.65. The molecule has 0 spiro atoms. The number of anilines is 1. The van der Waals surface area contributed by atoms with Gasteiger partial charge in [-0.2, -0.15) is 0 Å². The fraction of sp³-hybridized carbons (Fsp3) is 0.500. The first kappa shape index (κ1) is 31.8. The maximum Gasteiger partial charge on any atom is 0.242 e. The summed E-state index contributed by atoms with van der Waals surface area (Å²) in [6.45, 7) is 7.36.